The summed E-state index contributed by atoms with van der Waals surface area (Å²) in [5.41, 5.74) is 0.605. The monoisotopic (exact) mass is 467 g/mol. The third-order valence-electron chi connectivity index (χ3n) is 5.24. The number of hydrogen-bond acceptors (Lipinski definition) is 4. The number of amides is 1. The average molecular weight is 469 g/mol. The zero-order valence-electron chi connectivity index (χ0n) is 15.0. The van der Waals surface area contributed by atoms with Crippen molar-refractivity contribution in [3.8, 4) is 0 Å². The molecule has 1 aromatic carbocycles. The maximum Gasteiger partial charge on any atom is 0.252 e. The molecule has 0 radical (unpaired) electrons. The van der Waals surface area contributed by atoms with Crippen LogP contribution in [0.3, 0.4) is 0 Å². The summed E-state index contributed by atoms with van der Waals surface area (Å²) in [5.74, 6) is 0.543. The van der Waals surface area contributed by atoms with Gasteiger partial charge in [0.2, 0.25) is 0 Å². The third kappa shape index (κ3) is 5.49. The number of nitrogens with zero attached hydrogens (tertiary/aromatic N) is 1. The molecule has 3 rings (SSSR count). The molecule has 8 heteroatoms. The van der Waals surface area contributed by atoms with E-state index in [1.807, 2.05) is 0 Å². The zero-order valence-corrected chi connectivity index (χ0v) is 18.2. The Kier molecular flexibility index (Phi) is 9.69. The number of hydrogen-bond donors (Lipinski definition) is 2. The molecule has 0 saturated carbocycles. The Labute approximate surface area is 176 Å². The van der Waals surface area contributed by atoms with Crippen LogP contribution in [0.15, 0.2) is 28.7 Å². The van der Waals surface area contributed by atoms with Gasteiger partial charge in [0.25, 0.3) is 5.91 Å². The molecule has 2 saturated heterocycles. The molecule has 1 amide bonds. The molecule has 0 aliphatic carbocycles. The van der Waals surface area contributed by atoms with Crippen LogP contribution in [0.4, 0.5) is 5.69 Å². The summed E-state index contributed by atoms with van der Waals surface area (Å²) in [6.45, 7) is 4.43. The largest absolute Gasteiger partial charge is 0.371 e. The highest BCUT2D eigenvalue weighted by Gasteiger charge is 2.39. The molecule has 2 aliphatic rings. The molecule has 1 atom stereocenters. The van der Waals surface area contributed by atoms with Gasteiger partial charge in [0, 0.05) is 36.9 Å². The Bertz CT molecular complexity index is 568. The second-order valence-electron chi connectivity index (χ2n) is 6.74. The summed E-state index contributed by atoms with van der Waals surface area (Å²) in [4.78, 5) is 15.0. The van der Waals surface area contributed by atoms with E-state index in [0.29, 0.717) is 5.92 Å². The zero-order chi connectivity index (χ0) is 17.0. The molecule has 1 unspecified atom stereocenters. The minimum absolute atomic E-state index is 0. The fourth-order valence-electron chi connectivity index (χ4n) is 3.64. The van der Waals surface area contributed by atoms with E-state index in [9.17, 15) is 4.79 Å². The molecule has 148 valence electrons. The fraction of sp³-hybridized carbons (Fsp3) is 0.611. The van der Waals surface area contributed by atoms with E-state index in [1.165, 1.54) is 5.69 Å². The summed E-state index contributed by atoms with van der Waals surface area (Å²) >= 11 is 3.47. The van der Waals surface area contributed by atoms with Crippen LogP contribution in [-0.2, 0) is 9.53 Å². The first-order valence-corrected chi connectivity index (χ1v) is 9.47. The molecule has 2 fully saturated rings. The number of piperidine rings is 1. The van der Waals surface area contributed by atoms with Crippen molar-refractivity contribution in [2.45, 2.75) is 24.9 Å². The second kappa shape index (κ2) is 10.7. The minimum atomic E-state index is -0.644. The van der Waals surface area contributed by atoms with Gasteiger partial charge in [0.1, 0.15) is 5.60 Å². The molecule has 0 aromatic heterocycles. The van der Waals surface area contributed by atoms with Crippen molar-refractivity contribution in [1.29, 1.82) is 0 Å². The molecule has 0 spiro atoms. The minimum Gasteiger partial charge on any atom is -0.371 e. The number of benzene rings is 1. The highest BCUT2D eigenvalue weighted by Crippen LogP contribution is 2.26. The first-order chi connectivity index (χ1) is 11.6. The Morgan fingerprint density at radius 2 is 1.96 bits per heavy atom. The number of rotatable bonds is 5. The smallest absolute Gasteiger partial charge is 0.252 e. The van der Waals surface area contributed by atoms with E-state index < -0.39 is 5.60 Å². The van der Waals surface area contributed by atoms with Gasteiger partial charge in [0.15, 0.2) is 0 Å². The van der Waals surface area contributed by atoms with E-state index in [2.05, 4.69) is 55.7 Å². The number of nitrogens with one attached hydrogen (secondary N) is 2. The first kappa shape index (κ1) is 23.5. The summed E-state index contributed by atoms with van der Waals surface area (Å²) in [6.07, 6.45) is 2.59. The number of carbonyl (C=O) groups excluding carboxylic acids is 1. The van der Waals surface area contributed by atoms with Gasteiger partial charge >= 0.3 is 0 Å². The lowest BCUT2D eigenvalue weighted by atomic mass is 9.91. The van der Waals surface area contributed by atoms with Gasteiger partial charge in [-0.15, -0.1) is 24.8 Å². The maximum atomic E-state index is 12.6. The molecule has 2 N–H and O–H groups in total. The normalized spacial score (nSPS) is 21.5. The Hall–Kier alpha value is -0.530. The Morgan fingerprint density at radius 1 is 1.31 bits per heavy atom. The maximum absolute atomic E-state index is 12.6. The molecular weight excluding hydrogens is 441 g/mol. The highest BCUT2D eigenvalue weighted by atomic mass is 79.9. The Morgan fingerprint density at radius 3 is 2.58 bits per heavy atom. The van der Waals surface area contributed by atoms with Crippen LogP contribution in [-0.4, -0.2) is 51.3 Å². The number of halogens is 3. The summed E-state index contributed by atoms with van der Waals surface area (Å²) in [7, 11) is 1.65. The van der Waals surface area contributed by atoms with Crippen molar-refractivity contribution in [2.75, 3.05) is 44.7 Å². The lowest BCUT2D eigenvalue weighted by Gasteiger charge is -2.35. The molecule has 0 bridgehead atoms. The van der Waals surface area contributed by atoms with Crippen molar-refractivity contribution < 1.29 is 9.53 Å². The van der Waals surface area contributed by atoms with Gasteiger partial charge in [-0.1, -0.05) is 15.9 Å². The van der Waals surface area contributed by atoms with Crippen molar-refractivity contribution in [3.05, 3.63) is 28.7 Å². The number of carbonyl (C=O) groups is 1. The van der Waals surface area contributed by atoms with Crippen LogP contribution in [0, 0.1) is 5.92 Å². The van der Waals surface area contributed by atoms with Gasteiger partial charge in [-0.25, -0.2) is 0 Å². The lowest BCUT2D eigenvalue weighted by molar-refractivity contribution is -0.146. The van der Waals surface area contributed by atoms with Crippen LogP contribution in [0.2, 0.25) is 0 Å². The number of anilines is 1. The molecular formula is C18H28BrCl2N3O2. The van der Waals surface area contributed by atoms with Crippen LogP contribution >= 0.6 is 40.7 Å². The van der Waals surface area contributed by atoms with E-state index in [1.54, 1.807) is 7.11 Å². The number of ether oxygens (including phenoxy) is 1. The Balaban J connectivity index is 0.00000169. The topological polar surface area (TPSA) is 53.6 Å². The van der Waals surface area contributed by atoms with E-state index in [4.69, 9.17) is 4.74 Å². The fourth-order valence-corrected chi connectivity index (χ4v) is 3.90. The summed E-state index contributed by atoms with van der Waals surface area (Å²) in [5, 5.41) is 6.43. The predicted octanol–water partition coefficient (Wildman–Crippen LogP) is 3.00. The molecule has 2 heterocycles. The van der Waals surface area contributed by atoms with E-state index in [-0.39, 0.29) is 30.7 Å². The standard InChI is InChI=1S/C18H26BrN3O2.2ClH/c1-24-18(7-9-20-10-8-18)17(23)21-12-14-6-11-22(13-14)16-4-2-15(19)3-5-16;;/h2-5,14,20H,6-13H2,1H3,(H,21,23);2*1H. The van der Waals surface area contributed by atoms with E-state index >= 15 is 0 Å². The van der Waals surface area contributed by atoms with Gasteiger partial charge in [-0.2, -0.15) is 0 Å². The van der Waals surface area contributed by atoms with Crippen LogP contribution < -0.4 is 15.5 Å². The average Bonchev–Trinajstić information content (AvgIpc) is 3.10. The van der Waals surface area contributed by atoms with Crippen molar-refractivity contribution in [3.63, 3.8) is 0 Å². The van der Waals surface area contributed by atoms with Crippen molar-refractivity contribution in [1.82, 2.24) is 10.6 Å². The van der Waals surface area contributed by atoms with Crippen LogP contribution in [0.5, 0.6) is 0 Å². The molecule has 1 aromatic rings. The van der Waals surface area contributed by atoms with Crippen LogP contribution in [0.25, 0.3) is 0 Å². The quantitative estimate of drug-likeness (QED) is 0.697. The molecule has 2 aliphatic heterocycles. The second-order valence-corrected chi connectivity index (χ2v) is 7.65. The molecule has 26 heavy (non-hydrogen) atoms. The van der Waals surface area contributed by atoms with Gasteiger partial charge in [0.05, 0.1) is 0 Å². The number of methoxy groups -OCH3 is 1. The summed E-state index contributed by atoms with van der Waals surface area (Å²) < 4.78 is 6.69. The van der Waals surface area contributed by atoms with Crippen LogP contribution in [0.1, 0.15) is 19.3 Å². The van der Waals surface area contributed by atoms with Crippen molar-refractivity contribution >= 4 is 52.3 Å². The van der Waals surface area contributed by atoms with Gasteiger partial charge < -0.3 is 20.3 Å². The first-order valence-electron chi connectivity index (χ1n) is 8.68. The van der Waals surface area contributed by atoms with Gasteiger partial charge in [-0.3, -0.25) is 4.79 Å². The summed E-state index contributed by atoms with van der Waals surface area (Å²) in [6, 6.07) is 8.42. The predicted molar refractivity (Wildman–Crippen MR) is 114 cm³/mol. The highest BCUT2D eigenvalue weighted by molar-refractivity contribution is 9.10. The van der Waals surface area contributed by atoms with Gasteiger partial charge in [-0.05, 0) is 62.5 Å². The van der Waals surface area contributed by atoms with Crippen molar-refractivity contribution in [2.24, 2.45) is 5.92 Å². The molecule has 5 nitrogen and oxygen atoms in total. The lowest BCUT2D eigenvalue weighted by Crippen LogP contribution is -2.54. The third-order valence-corrected chi connectivity index (χ3v) is 5.77. The SMILES string of the molecule is COC1(C(=O)NCC2CCN(c3ccc(Br)cc3)C2)CCNCC1.Cl.Cl. The van der Waals surface area contributed by atoms with E-state index in [0.717, 1.165) is 56.5 Å².